The predicted octanol–water partition coefficient (Wildman–Crippen LogP) is 3.68. The molecule has 1 amide bonds. The van der Waals surface area contributed by atoms with Crippen LogP contribution in [0.5, 0.6) is 0 Å². The van der Waals surface area contributed by atoms with Crippen molar-refractivity contribution in [1.82, 2.24) is 5.32 Å². The molecule has 0 aliphatic heterocycles. The first-order valence-electron chi connectivity index (χ1n) is 13.0. The maximum absolute atomic E-state index is 17.3. The second-order valence-electron chi connectivity index (χ2n) is 13.0. The summed E-state index contributed by atoms with van der Waals surface area (Å²) < 4.78 is 23.3. The Morgan fingerprint density at radius 3 is 2.53 bits per heavy atom. The van der Waals surface area contributed by atoms with E-state index in [1.54, 1.807) is 26.8 Å². The zero-order valence-corrected chi connectivity index (χ0v) is 22.2. The number of Topliss-reactive ketones (excluding diaryl/α,β-unsaturated/α-hetero) is 1. The Kier molecular flexibility index (Phi) is 6.36. The highest BCUT2D eigenvalue weighted by atomic mass is 19.1. The van der Waals surface area contributed by atoms with E-state index in [-0.39, 0.29) is 23.5 Å². The molecule has 3 N–H and O–H groups in total. The minimum Gasteiger partial charge on any atom is -0.434 e. The fourth-order valence-electron chi connectivity index (χ4n) is 8.04. The van der Waals surface area contributed by atoms with Gasteiger partial charge in [-0.25, -0.2) is 9.18 Å². The first-order chi connectivity index (χ1) is 16.6. The van der Waals surface area contributed by atoms with Crippen LogP contribution in [0.15, 0.2) is 23.8 Å². The second kappa shape index (κ2) is 8.48. The highest BCUT2D eigenvalue weighted by Crippen LogP contribution is 2.71. The molecule has 0 saturated heterocycles. The molecule has 0 radical (unpaired) electrons. The number of alkyl carbamates (subject to hydrolysis) is 1. The summed E-state index contributed by atoms with van der Waals surface area (Å²) in [6, 6.07) is 0. The second-order valence-corrected chi connectivity index (χ2v) is 13.0. The summed E-state index contributed by atoms with van der Waals surface area (Å²) in [6.45, 7) is 10.7. The average Bonchev–Trinajstić information content (AvgIpc) is 3.00. The minimum atomic E-state index is -2.05. The third-order valence-electron chi connectivity index (χ3n) is 9.76. The molecule has 0 bridgehead atoms. The van der Waals surface area contributed by atoms with Crippen molar-refractivity contribution in [3.05, 3.63) is 23.8 Å². The Labute approximate surface area is 212 Å². The fraction of sp³-hybridized carbons (Fsp3) is 0.750. The summed E-state index contributed by atoms with van der Waals surface area (Å²) in [6.07, 6.45) is 3.42. The molecule has 3 fully saturated rings. The van der Waals surface area contributed by atoms with Gasteiger partial charge in [-0.3, -0.25) is 9.59 Å². The normalized spacial score (nSPS) is 43.7. The number of alkyl halides is 1. The van der Waals surface area contributed by atoms with E-state index in [9.17, 15) is 24.6 Å². The van der Waals surface area contributed by atoms with Crippen LogP contribution >= 0.6 is 0 Å². The standard InChI is InChI=1S/C28H40FNO6/c1-16-11-20-19-8-7-17-12-18(32)9-10-25(17,5)27(19,29)21(33)13-26(20,6)28(16,22(34)14-31)36-23(35)30-15-24(2,3)4/h9-10,12,16,19-21,31,33H,7-8,11,13-15H2,1-6H3,(H,30,35)/t16-,19-,20-,21-,25-,26-,27-,28-/m0/s1. The molecule has 7 nitrogen and oxygen atoms in total. The lowest BCUT2D eigenvalue weighted by Crippen LogP contribution is -2.70. The van der Waals surface area contributed by atoms with Gasteiger partial charge >= 0.3 is 6.09 Å². The number of nitrogens with one attached hydrogen (secondary N) is 1. The Morgan fingerprint density at radius 1 is 1.25 bits per heavy atom. The summed E-state index contributed by atoms with van der Waals surface area (Å²) in [5.74, 6) is -2.30. The number of ketones is 2. The number of fused-ring (bicyclic) bond motifs is 5. The van der Waals surface area contributed by atoms with E-state index in [0.29, 0.717) is 31.4 Å². The lowest BCUT2D eigenvalue weighted by Gasteiger charge is -2.62. The number of hydrogen-bond acceptors (Lipinski definition) is 6. The van der Waals surface area contributed by atoms with Crippen molar-refractivity contribution < 1.29 is 33.7 Å². The summed E-state index contributed by atoms with van der Waals surface area (Å²) in [5, 5.41) is 24.2. The number of hydrogen-bond donors (Lipinski definition) is 3. The third-order valence-corrected chi connectivity index (χ3v) is 9.76. The van der Waals surface area contributed by atoms with Gasteiger partial charge in [-0.15, -0.1) is 0 Å². The fourth-order valence-corrected chi connectivity index (χ4v) is 8.04. The van der Waals surface area contributed by atoms with Crippen LogP contribution in [0.25, 0.3) is 0 Å². The van der Waals surface area contributed by atoms with Crippen molar-refractivity contribution in [2.24, 2.45) is 34.0 Å². The van der Waals surface area contributed by atoms with Crippen LogP contribution in [0.2, 0.25) is 0 Å². The molecule has 0 spiro atoms. The molecule has 0 unspecified atom stereocenters. The molecule has 8 atom stereocenters. The molecule has 36 heavy (non-hydrogen) atoms. The number of ether oxygens (including phenoxy) is 1. The van der Waals surface area contributed by atoms with Crippen LogP contribution in [-0.2, 0) is 14.3 Å². The van der Waals surface area contributed by atoms with Gasteiger partial charge in [0.15, 0.2) is 17.1 Å². The van der Waals surface area contributed by atoms with Gasteiger partial charge < -0.3 is 20.3 Å². The number of aliphatic hydroxyl groups excluding tert-OH is 2. The van der Waals surface area contributed by atoms with E-state index in [0.717, 1.165) is 0 Å². The monoisotopic (exact) mass is 505 g/mol. The van der Waals surface area contributed by atoms with Crippen LogP contribution < -0.4 is 5.32 Å². The van der Waals surface area contributed by atoms with Crippen molar-refractivity contribution >= 4 is 17.7 Å². The molecule has 0 aromatic carbocycles. The molecule has 200 valence electrons. The SMILES string of the molecule is C[C@H]1C[C@H]2[C@@H]3CCC4=CC(=O)C=C[C@]4(C)[C@@]3(F)[C@@H](O)C[C@]2(C)[C@@]1(OC(=O)NCC(C)(C)C)C(=O)CO. The average molecular weight is 506 g/mol. The minimum absolute atomic E-state index is 0.113. The number of aliphatic hydroxyl groups is 2. The highest BCUT2D eigenvalue weighted by Gasteiger charge is 2.77. The van der Waals surface area contributed by atoms with E-state index < -0.39 is 58.5 Å². The van der Waals surface area contributed by atoms with Gasteiger partial charge in [-0.2, -0.15) is 0 Å². The first-order valence-corrected chi connectivity index (χ1v) is 13.0. The number of allylic oxidation sites excluding steroid dienone is 4. The van der Waals surface area contributed by atoms with E-state index >= 15 is 4.39 Å². The van der Waals surface area contributed by atoms with Gasteiger partial charge in [-0.05, 0) is 56.1 Å². The van der Waals surface area contributed by atoms with Gasteiger partial charge in [0.05, 0.1) is 6.10 Å². The van der Waals surface area contributed by atoms with Gasteiger partial charge in [0.2, 0.25) is 5.78 Å². The maximum Gasteiger partial charge on any atom is 0.408 e. The zero-order valence-electron chi connectivity index (χ0n) is 22.2. The molecule has 0 aromatic heterocycles. The Balaban J connectivity index is 1.76. The van der Waals surface area contributed by atoms with Crippen molar-refractivity contribution in [2.45, 2.75) is 84.6 Å². The smallest absolute Gasteiger partial charge is 0.408 e. The van der Waals surface area contributed by atoms with Crippen molar-refractivity contribution in [1.29, 1.82) is 0 Å². The van der Waals surface area contributed by atoms with Crippen LogP contribution in [0, 0.1) is 34.0 Å². The molecule has 3 saturated carbocycles. The Morgan fingerprint density at radius 2 is 1.92 bits per heavy atom. The summed E-state index contributed by atoms with van der Waals surface area (Å²) in [5.41, 5.74) is -5.52. The van der Waals surface area contributed by atoms with Gasteiger partial charge in [-0.1, -0.05) is 46.3 Å². The quantitative estimate of drug-likeness (QED) is 0.537. The van der Waals surface area contributed by atoms with E-state index in [1.807, 2.05) is 20.8 Å². The molecule has 4 rings (SSSR count). The van der Waals surface area contributed by atoms with Gasteiger partial charge in [0.1, 0.15) is 6.61 Å². The first kappa shape index (κ1) is 27.0. The van der Waals surface area contributed by atoms with E-state index in [1.165, 1.54) is 12.2 Å². The zero-order chi connectivity index (χ0) is 26.9. The molecular weight excluding hydrogens is 465 g/mol. The molecule has 4 aliphatic carbocycles. The van der Waals surface area contributed by atoms with Crippen molar-refractivity contribution in [3.8, 4) is 0 Å². The van der Waals surface area contributed by atoms with Crippen LogP contribution in [-0.4, -0.2) is 58.4 Å². The van der Waals surface area contributed by atoms with Gasteiger partial charge in [0, 0.05) is 29.2 Å². The summed E-state index contributed by atoms with van der Waals surface area (Å²) in [4.78, 5) is 38.4. The van der Waals surface area contributed by atoms with Crippen molar-refractivity contribution in [3.63, 3.8) is 0 Å². The van der Waals surface area contributed by atoms with Crippen LogP contribution in [0.3, 0.4) is 0 Å². The topological polar surface area (TPSA) is 113 Å². The van der Waals surface area contributed by atoms with Gasteiger partial charge in [0.25, 0.3) is 0 Å². The largest absolute Gasteiger partial charge is 0.434 e. The molecule has 8 heteroatoms. The lowest BCUT2D eigenvalue weighted by molar-refractivity contribution is -0.219. The van der Waals surface area contributed by atoms with Crippen LogP contribution in [0.4, 0.5) is 9.18 Å². The number of rotatable bonds is 4. The van der Waals surface area contributed by atoms with E-state index in [2.05, 4.69) is 5.32 Å². The lowest BCUT2D eigenvalue weighted by atomic mass is 9.44. The summed E-state index contributed by atoms with van der Waals surface area (Å²) in [7, 11) is 0. The number of carbonyl (C=O) groups is 3. The molecule has 0 heterocycles. The van der Waals surface area contributed by atoms with E-state index in [4.69, 9.17) is 4.74 Å². The Hall–Kier alpha value is -2.06. The predicted molar refractivity (Wildman–Crippen MR) is 132 cm³/mol. The molecular formula is C28H40FNO6. The third kappa shape index (κ3) is 3.54. The van der Waals surface area contributed by atoms with Crippen molar-refractivity contribution in [2.75, 3.05) is 13.2 Å². The maximum atomic E-state index is 17.3. The van der Waals surface area contributed by atoms with Crippen LogP contribution in [0.1, 0.15) is 67.2 Å². The number of amides is 1. The molecule has 4 aliphatic rings. The Bertz CT molecular complexity index is 1030. The summed E-state index contributed by atoms with van der Waals surface area (Å²) >= 11 is 0. The number of carbonyl (C=O) groups excluding carboxylic acids is 3. The highest BCUT2D eigenvalue weighted by molar-refractivity contribution is 6.01. The molecule has 0 aromatic rings. The number of halogens is 1.